The number of carbonyl (C=O) groups is 2. The molecule has 0 fully saturated rings. The number of nitrogens with one attached hydrogen (secondary N) is 1. The van der Waals surface area contributed by atoms with E-state index in [-0.39, 0.29) is 11.9 Å². The van der Waals surface area contributed by atoms with Crippen molar-refractivity contribution in [1.82, 2.24) is 10.3 Å². The van der Waals surface area contributed by atoms with Crippen LogP contribution >= 0.6 is 11.3 Å². The first-order chi connectivity index (χ1) is 9.61. The average Bonchev–Trinajstić information content (AvgIpc) is 2.97. The molecule has 2 aromatic rings. The molecule has 5 nitrogen and oxygen atoms in total. The first-order valence-corrected chi connectivity index (χ1v) is 6.82. The summed E-state index contributed by atoms with van der Waals surface area (Å²) < 4.78 is 4.61. The molecule has 0 saturated carbocycles. The van der Waals surface area contributed by atoms with Crippen LogP contribution in [0.1, 0.15) is 37.9 Å². The van der Waals surface area contributed by atoms with E-state index in [1.807, 2.05) is 19.1 Å². The minimum Gasteiger partial charge on any atom is -0.465 e. The van der Waals surface area contributed by atoms with Crippen LogP contribution in [0.5, 0.6) is 0 Å². The van der Waals surface area contributed by atoms with E-state index in [1.54, 1.807) is 24.5 Å². The van der Waals surface area contributed by atoms with Crippen LogP contribution in [0.3, 0.4) is 0 Å². The summed E-state index contributed by atoms with van der Waals surface area (Å²) in [6, 6.07) is 6.76. The molecule has 1 N–H and O–H groups in total. The van der Waals surface area contributed by atoms with Crippen LogP contribution in [0.4, 0.5) is 0 Å². The molecule has 0 aliphatic carbocycles. The fourth-order valence-electron chi connectivity index (χ4n) is 1.67. The van der Waals surface area contributed by atoms with Gasteiger partial charge in [-0.1, -0.05) is 0 Å². The normalized spacial score (nSPS) is 11.7. The van der Waals surface area contributed by atoms with Gasteiger partial charge < -0.3 is 10.1 Å². The molecule has 104 valence electrons. The highest BCUT2D eigenvalue weighted by molar-refractivity contribution is 7.15. The van der Waals surface area contributed by atoms with Crippen molar-refractivity contribution in [3.63, 3.8) is 0 Å². The van der Waals surface area contributed by atoms with Crippen molar-refractivity contribution < 1.29 is 14.3 Å². The number of carbonyl (C=O) groups excluding carboxylic acids is 2. The van der Waals surface area contributed by atoms with Gasteiger partial charge in [0, 0.05) is 12.4 Å². The molecule has 0 bridgehead atoms. The third-order valence-corrected chi connectivity index (χ3v) is 3.83. The molecule has 1 atom stereocenters. The third kappa shape index (κ3) is 3.21. The summed E-state index contributed by atoms with van der Waals surface area (Å²) in [5, 5.41) is 2.87. The number of hydrogen-bond acceptors (Lipinski definition) is 5. The van der Waals surface area contributed by atoms with E-state index in [0.29, 0.717) is 9.75 Å². The van der Waals surface area contributed by atoms with Gasteiger partial charge in [-0.3, -0.25) is 9.78 Å². The van der Waals surface area contributed by atoms with Gasteiger partial charge in [0.05, 0.1) is 18.0 Å². The standard InChI is InChI=1S/C14H14N2O3S/c1-9(10-5-7-15-8-6-10)16-13(17)11-3-4-12(20-11)14(18)19-2/h3-9H,1-2H3,(H,16,17)/t9-/m0/s1. The summed E-state index contributed by atoms with van der Waals surface area (Å²) in [7, 11) is 1.31. The quantitative estimate of drug-likeness (QED) is 0.878. The van der Waals surface area contributed by atoms with Gasteiger partial charge in [0.1, 0.15) is 4.88 Å². The zero-order chi connectivity index (χ0) is 14.5. The second kappa shape index (κ2) is 6.29. The van der Waals surface area contributed by atoms with E-state index >= 15 is 0 Å². The lowest BCUT2D eigenvalue weighted by Crippen LogP contribution is -2.25. The lowest BCUT2D eigenvalue weighted by Gasteiger charge is -2.13. The summed E-state index contributed by atoms with van der Waals surface area (Å²) in [4.78, 5) is 28.3. The molecule has 0 aliphatic heterocycles. The zero-order valence-electron chi connectivity index (χ0n) is 11.1. The van der Waals surface area contributed by atoms with Gasteiger partial charge in [0.15, 0.2) is 0 Å². The second-order valence-electron chi connectivity index (χ2n) is 4.13. The van der Waals surface area contributed by atoms with Crippen LogP contribution in [0.2, 0.25) is 0 Å². The third-order valence-electron chi connectivity index (χ3n) is 2.77. The van der Waals surface area contributed by atoms with Crippen molar-refractivity contribution in [2.75, 3.05) is 7.11 Å². The minimum absolute atomic E-state index is 0.130. The van der Waals surface area contributed by atoms with Crippen molar-refractivity contribution in [2.45, 2.75) is 13.0 Å². The first kappa shape index (κ1) is 14.2. The number of amides is 1. The van der Waals surface area contributed by atoms with Crippen molar-refractivity contribution in [1.29, 1.82) is 0 Å². The first-order valence-electron chi connectivity index (χ1n) is 6.00. The Balaban J connectivity index is 2.05. The van der Waals surface area contributed by atoms with Gasteiger partial charge in [0.2, 0.25) is 0 Å². The Morgan fingerprint density at radius 2 is 1.85 bits per heavy atom. The largest absolute Gasteiger partial charge is 0.465 e. The van der Waals surface area contributed by atoms with Crippen LogP contribution in [0.15, 0.2) is 36.7 Å². The van der Waals surface area contributed by atoms with E-state index < -0.39 is 5.97 Å². The second-order valence-corrected chi connectivity index (χ2v) is 5.21. The topological polar surface area (TPSA) is 68.3 Å². The Kier molecular flexibility index (Phi) is 4.47. The number of esters is 1. The fourth-order valence-corrected chi connectivity index (χ4v) is 2.50. The maximum Gasteiger partial charge on any atom is 0.348 e. The van der Waals surface area contributed by atoms with Crippen molar-refractivity contribution in [2.24, 2.45) is 0 Å². The van der Waals surface area contributed by atoms with E-state index in [4.69, 9.17) is 0 Å². The van der Waals surface area contributed by atoms with Gasteiger partial charge in [-0.15, -0.1) is 11.3 Å². The molecule has 0 spiro atoms. The Labute approximate surface area is 120 Å². The molecular formula is C14H14N2O3S. The number of pyridine rings is 1. The molecular weight excluding hydrogens is 276 g/mol. The highest BCUT2D eigenvalue weighted by Crippen LogP contribution is 2.19. The van der Waals surface area contributed by atoms with E-state index in [9.17, 15) is 9.59 Å². The monoisotopic (exact) mass is 290 g/mol. The van der Waals surface area contributed by atoms with Crippen LogP contribution in [0.25, 0.3) is 0 Å². The fraction of sp³-hybridized carbons (Fsp3) is 0.214. The number of nitrogens with zero attached hydrogens (tertiary/aromatic N) is 1. The number of ether oxygens (including phenoxy) is 1. The molecule has 2 aromatic heterocycles. The molecule has 20 heavy (non-hydrogen) atoms. The summed E-state index contributed by atoms with van der Waals surface area (Å²) in [5.74, 6) is -0.648. The van der Waals surface area contributed by atoms with Gasteiger partial charge in [-0.05, 0) is 36.8 Å². The number of aromatic nitrogens is 1. The highest BCUT2D eigenvalue weighted by Gasteiger charge is 2.16. The van der Waals surface area contributed by atoms with E-state index in [0.717, 1.165) is 16.9 Å². The molecule has 2 rings (SSSR count). The summed E-state index contributed by atoms with van der Waals surface area (Å²) in [5.41, 5.74) is 0.970. The maximum absolute atomic E-state index is 12.1. The van der Waals surface area contributed by atoms with Crippen LogP contribution in [-0.4, -0.2) is 24.0 Å². The Bertz CT molecular complexity index is 610. The Morgan fingerprint density at radius 1 is 1.20 bits per heavy atom. The minimum atomic E-state index is -0.434. The maximum atomic E-state index is 12.1. The smallest absolute Gasteiger partial charge is 0.348 e. The molecule has 0 saturated heterocycles. The highest BCUT2D eigenvalue weighted by atomic mass is 32.1. The molecule has 1 amide bonds. The summed E-state index contributed by atoms with van der Waals surface area (Å²) in [6.45, 7) is 1.89. The SMILES string of the molecule is COC(=O)c1ccc(C(=O)N[C@@H](C)c2ccncc2)s1. The van der Waals surface area contributed by atoms with Crippen molar-refractivity contribution >= 4 is 23.2 Å². The summed E-state index contributed by atoms with van der Waals surface area (Å²) >= 11 is 1.11. The molecule has 6 heteroatoms. The molecule has 0 unspecified atom stereocenters. The van der Waals surface area contributed by atoms with Gasteiger partial charge in [-0.2, -0.15) is 0 Å². The van der Waals surface area contributed by atoms with Gasteiger partial charge >= 0.3 is 5.97 Å². The van der Waals surface area contributed by atoms with Crippen molar-refractivity contribution in [3.05, 3.63) is 52.0 Å². The lowest BCUT2D eigenvalue weighted by molar-refractivity contribution is 0.0606. The molecule has 2 heterocycles. The molecule has 0 aromatic carbocycles. The number of hydrogen-bond donors (Lipinski definition) is 1. The van der Waals surface area contributed by atoms with Crippen LogP contribution < -0.4 is 5.32 Å². The van der Waals surface area contributed by atoms with Crippen LogP contribution in [0, 0.1) is 0 Å². The molecule has 0 radical (unpaired) electrons. The predicted octanol–water partition coefficient (Wildman–Crippen LogP) is 2.42. The number of methoxy groups -OCH3 is 1. The Morgan fingerprint density at radius 3 is 2.50 bits per heavy atom. The van der Waals surface area contributed by atoms with E-state index in [2.05, 4.69) is 15.0 Å². The average molecular weight is 290 g/mol. The zero-order valence-corrected chi connectivity index (χ0v) is 11.9. The Hall–Kier alpha value is -2.21. The molecule has 0 aliphatic rings. The number of thiophene rings is 1. The predicted molar refractivity (Wildman–Crippen MR) is 75.8 cm³/mol. The van der Waals surface area contributed by atoms with Gasteiger partial charge in [-0.25, -0.2) is 4.79 Å². The number of rotatable bonds is 4. The van der Waals surface area contributed by atoms with E-state index in [1.165, 1.54) is 7.11 Å². The van der Waals surface area contributed by atoms with Crippen LogP contribution in [-0.2, 0) is 4.74 Å². The summed E-state index contributed by atoms with van der Waals surface area (Å²) in [6.07, 6.45) is 3.36. The van der Waals surface area contributed by atoms with Crippen molar-refractivity contribution in [3.8, 4) is 0 Å². The lowest BCUT2D eigenvalue weighted by atomic mass is 10.1. The van der Waals surface area contributed by atoms with Gasteiger partial charge in [0.25, 0.3) is 5.91 Å².